The first-order valence-electron chi connectivity index (χ1n) is 9.45. The number of hydrogen-bond donors (Lipinski definition) is 0. The van der Waals surface area contributed by atoms with E-state index in [1.807, 2.05) is 47.2 Å². The number of nitrogens with zero attached hydrogens (tertiary/aromatic N) is 4. The highest BCUT2D eigenvalue weighted by Gasteiger charge is 2.18. The fourth-order valence-electron chi connectivity index (χ4n) is 3.41. The molecule has 0 saturated carbocycles. The van der Waals surface area contributed by atoms with Crippen LogP contribution in [-0.2, 0) is 6.54 Å². The molecule has 3 heterocycles. The monoisotopic (exact) mass is 424 g/mol. The Morgan fingerprint density at radius 1 is 1.20 bits per heavy atom. The second-order valence-electron chi connectivity index (χ2n) is 7.09. The Kier molecular flexibility index (Phi) is 5.59. The van der Waals surface area contributed by atoms with Crippen molar-refractivity contribution in [2.24, 2.45) is 0 Å². The Bertz CT molecular complexity index is 1190. The number of aryl methyl sites for hydroxylation is 2. The van der Waals surface area contributed by atoms with E-state index in [2.05, 4.69) is 10.2 Å². The molecule has 0 N–H and O–H groups in total. The summed E-state index contributed by atoms with van der Waals surface area (Å²) in [5, 5.41) is 8.70. The average molecular weight is 425 g/mol. The van der Waals surface area contributed by atoms with Gasteiger partial charge in [-0.15, -0.1) is 10.2 Å². The average Bonchev–Trinajstić information content (AvgIpc) is 3.44. The highest BCUT2D eigenvalue weighted by atomic mass is 32.2. The number of thioether (sulfide) groups is 1. The number of furan rings is 1. The van der Waals surface area contributed by atoms with Crippen LogP contribution < -0.4 is 0 Å². The quantitative estimate of drug-likeness (QED) is 0.316. The molecule has 0 fully saturated rings. The summed E-state index contributed by atoms with van der Waals surface area (Å²) in [6.07, 6.45) is 3.23. The Morgan fingerprint density at radius 3 is 2.77 bits per heavy atom. The second kappa shape index (κ2) is 8.31. The number of halogens is 1. The van der Waals surface area contributed by atoms with Gasteiger partial charge in [0.25, 0.3) is 0 Å². The fourth-order valence-corrected chi connectivity index (χ4v) is 4.20. The third-order valence-corrected chi connectivity index (χ3v) is 5.94. The van der Waals surface area contributed by atoms with E-state index in [9.17, 15) is 9.18 Å². The lowest BCUT2D eigenvalue weighted by molar-refractivity contribution is 0.102. The van der Waals surface area contributed by atoms with Gasteiger partial charge in [0.1, 0.15) is 17.9 Å². The lowest BCUT2D eigenvalue weighted by atomic mass is 10.2. The molecular formula is C22H21FN4O2S. The van der Waals surface area contributed by atoms with Crippen molar-refractivity contribution in [3.05, 3.63) is 83.1 Å². The summed E-state index contributed by atoms with van der Waals surface area (Å²) >= 11 is 1.33. The number of rotatable bonds is 7. The van der Waals surface area contributed by atoms with Crippen molar-refractivity contribution in [3.63, 3.8) is 0 Å². The van der Waals surface area contributed by atoms with Crippen LogP contribution in [0.2, 0.25) is 0 Å². The molecule has 1 aromatic carbocycles. The van der Waals surface area contributed by atoms with Crippen LogP contribution in [-0.4, -0.2) is 30.9 Å². The van der Waals surface area contributed by atoms with Crippen LogP contribution in [0, 0.1) is 26.6 Å². The SMILES string of the molecule is Cc1ccc(-n2c(C)cc(C(=O)CSc3nncn3Cc3ccco3)c2C)cc1F. The third kappa shape index (κ3) is 3.95. The number of Topliss-reactive ketones (excluding diaryl/α,β-unsaturated/α-hetero) is 1. The lowest BCUT2D eigenvalue weighted by Gasteiger charge is -2.11. The number of carbonyl (C=O) groups is 1. The normalized spacial score (nSPS) is 11.2. The molecule has 0 radical (unpaired) electrons. The Morgan fingerprint density at radius 2 is 2.03 bits per heavy atom. The molecule has 0 unspecified atom stereocenters. The van der Waals surface area contributed by atoms with Crippen molar-refractivity contribution >= 4 is 17.5 Å². The van der Waals surface area contributed by atoms with Gasteiger partial charge in [0.2, 0.25) is 0 Å². The van der Waals surface area contributed by atoms with Crippen molar-refractivity contribution in [2.75, 3.05) is 5.75 Å². The van der Waals surface area contributed by atoms with Gasteiger partial charge in [-0.25, -0.2) is 4.39 Å². The van der Waals surface area contributed by atoms with Crippen LogP contribution in [0.5, 0.6) is 0 Å². The van der Waals surface area contributed by atoms with Crippen LogP contribution in [0.25, 0.3) is 5.69 Å². The van der Waals surface area contributed by atoms with E-state index in [1.165, 1.54) is 17.8 Å². The van der Waals surface area contributed by atoms with Crippen molar-refractivity contribution in [1.82, 2.24) is 19.3 Å². The molecule has 8 heteroatoms. The number of ketones is 1. The lowest BCUT2D eigenvalue weighted by Crippen LogP contribution is -2.07. The fraction of sp³-hybridized carbons (Fsp3) is 0.227. The molecule has 0 amide bonds. The first-order chi connectivity index (χ1) is 14.4. The largest absolute Gasteiger partial charge is 0.467 e. The molecule has 0 aliphatic heterocycles. The van der Waals surface area contributed by atoms with E-state index < -0.39 is 0 Å². The summed E-state index contributed by atoms with van der Waals surface area (Å²) in [6, 6.07) is 10.7. The predicted molar refractivity (Wildman–Crippen MR) is 113 cm³/mol. The van der Waals surface area contributed by atoms with Gasteiger partial charge in [-0.05, 0) is 56.7 Å². The summed E-state index contributed by atoms with van der Waals surface area (Å²) in [4.78, 5) is 12.9. The minimum Gasteiger partial charge on any atom is -0.467 e. The van der Waals surface area contributed by atoms with Crippen molar-refractivity contribution < 1.29 is 13.6 Å². The van der Waals surface area contributed by atoms with E-state index in [4.69, 9.17) is 4.42 Å². The highest BCUT2D eigenvalue weighted by molar-refractivity contribution is 7.99. The van der Waals surface area contributed by atoms with Gasteiger partial charge in [0, 0.05) is 22.6 Å². The highest BCUT2D eigenvalue weighted by Crippen LogP contribution is 2.25. The van der Waals surface area contributed by atoms with E-state index in [0.717, 1.165) is 17.1 Å². The zero-order valence-electron chi connectivity index (χ0n) is 16.9. The Balaban J connectivity index is 1.51. The molecule has 0 saturated heterocycles. The topological polar surface area (TPSA) is 65.8 Å². The standard InChI is InChI=1S/C22H21FN4O2S/c1-14-6-7-17(10-20(14)23)27-15(2)9-19(16(27)3)21(28)12-30-22-25-24-13-26(22)11-18-5-4-8-29-18/h4-10,13H,11-12H2,1-3H3. The zero-order valence-corrected chi connectivity index (χ0v) is 17.7. The van der Waals surface area contributed by atoms with Gasteiger partial charge in [0.05, 0.1) is 18.6 Å². The first kappa shape index (κ1) is 20.2. The van der Waals surface area contributed by atoms with Gasteiger partial charge in [-0.3, -0.25) is 4.79 Å². The van der Waals surface area contributed by atoms with Gasteiger partial charge in [-0.1, -0.05) is 17.8 Å². The Labute approximate surface area is 177 Å². The maximum atomic E-state index is 14.0. The van der Waals surface area contributed by atoms with Crippen LogP contribution in [0.4, 0.5) is 4.39 Å². The zero-order chi connectivity index (χ0) is 21.3. The second-order valence-corrected chi connectivity index (χ2v) is 8.03. The van der Waals surface area contributed by atoms with Gasteiger partial charge >= 0.3 is 0 Å². The number of hydrogen-bond acceptors (Lipinski definition) is 5. The van der Waals surface area contributed by atoms with E-state index in [-0.39, 0.29) is 17.4 Å². The summed E-state index contributed by atoms with van der Waals surface area (Å²) in [5.74, 6) is 0.735. The number of carbonyl (C=O) groups excluding carboxylic acids is 1. The maximum Gasteiger partial charge on any atom is 0.191 e. The Hall–Kier alpha value is -3.13. The molecule has 30 heavy (non-hydrogen) atoms. The summed E-state index contributed by atoms with van der Waals surface area (Å²) < 4.78 is 23.1. The molecule has 3 aromatic heterocycles. The van der Waals surface area contributed by atoms with Gasteiger partial charge in [-0.2, -0.15) is 0 Å². The minimum absolute atomic E-state index is 0.0144. The maximum absolute atomic E-state index is 14.0. The van der Waals surface area contributed by atoms with Crippen LogP contribution in [0.3, 0.4) is 0 Å². The molecular weight excluding hydrogens is 403 g/mol. The van der Waals surface area contributed by atoms with Gasteiger partial charge in [0.15, 0.2) is 10.9 Å². The number of benzene rings is 1. The van der Waals surface area contributed by atoms with Crippen molar-refractivity contribution in [3.8, 4) is 5.69 Å². The molecule has 154 valence electrons. The molecule has 0 spiro atoms. The molecule has 6 nitrogen and oxygen atoms in total. The summed E-state index contributed by atoms with van der Waals surface area (Å²) in [6.45, 7) is 6.02. The first-order valence-corrected chi connectivity index (χ1v) is 10.4. The van der Waals surface area contributed by atoms with Crippen LogP contribution >= 0.6 is 11.8 Å². The van der Waals surface area contributed by atoms with E-state index in [0.29, 0.717) is 28.5 Å². The van der Waals surface area contributed by atoms with Crippen molar-refractivity contribution in [2.45, 2.75) is 32.5 Å². The predicted octanol–water partition coefficient (Wildman–Crippen LogP) is 4.75. The van der Waals surface area contributed by atoms with Crippen LogP contribution in [0.1, 0.15) is 33.1 Å². The molecule has 0 bridgehead atoms. The van der Waals surface area contributed by atoms with E-state index in [1.54, 1.807) is 25.6 Å². The summed E-state index contributed by atoms with van der Waals surface area (Å²) in [7, 11) is 0. The molecule has 0 aliphatic carbocycles. The minimum atomic E-state index is -0.265. The van der Waals surface area contributed by atoms with Gasteiger partial charge < -0.3 is 13.6 Å². The van der Waals surface area contributed by atoms with Crippen LogP contribution in [0.15, 0.2) is 58.6 Å². The molecule has 4 rings (SSSR count). The van der Waals surface area contributed by atoms with Crippen molar-refractivity contribution in [1.29, 1.82) is 0 Å². The summed E-state index contributed by atoms with van der Waals surface area (Å²) in [5.41, 5.74) is 3.59. The number of aromatic nitrogens is 4. The third-order valence-electron chi connectivity index (χ3n) is 4.96. The molecule has 4 aromatic rings. The smallest absolute Gasteiger partial charge is 0.191 e. The van der Waals surface area contributed by atoms with E-state index >= 15 is 0 Å². The molecule has 0 aliphatic rings. The molecule has 0 atom stereocenters.